The first kappa shape index (κ1) is 20.8. The zero-order valence-electron chi connectivity index (χ0n) is 17.1. The van der Waals surface area contributed by atoms with Gasteiger partial charge in [-0.25, -0.2) is 0 Å². The minimum absolute atomic E-state index is 0.284. The third kappa shape index (κ3) is 4.60. The molecule has 0 spiro atoms. The molecule has 5 rings (SSSR count). The highest BCUT2D eigenvalue weighted by atomic mass is 35.5. The number of anilines is 1. The Kier molecular flexibility index (Phi) is 5.81. The van der Waals surface area contributed by atoms with Crippen molar-refractivity contribution in [2.75, 3.05) is 5.32 Å². The highest BCUT2D eigenvalue weighted by Gasteiger charge is 2.16. The summed E-state index contributed by atoms with van der Waals surface area (Å²) < 4.78 is 0. The number of benzene rings is 3. The van der Waals surface area contributed by atoms with Gasteiger partial charge in [-0.15, -0.1) is 10.2 Å². The van der Waals surface area contributed by atoms with E-state index in [-0.39, 0.29) is 5.91 Å². The van der Waals surface area contributed by atoms with Crippen LogP contribution in [0.4, 0.5) is 5.13 Å². The molecule has 3 aromatic carbocycles. The quantitative estimate of drug-likeness (QED) is 0.328. The molecular weight excluding hydrogens is 452 g/mol. The Morgan fingerprint density at radius 2 is 1.70 bits per heavy atom. The zero-order chi connectivity index (χ0) is 22.6. The van der Waals surface area contributed by atoms with Crippen LogP contribution in [0.2, 0.25) is 5.02 Å². The third-order valence-electron chi connectivity index (χ3n) is 4.95. The van der Waals surface area contributed by atoms with Crippen LogP contribution in [0.25, 0.3) is 21.9 Å². The van der Waals surface area contributed by atoms with E-state index in [0.717, 1.165) is 27.5 Å². The van der Waals surface area contributed by atoms with E-state index in [1.54, 1.807) is 30.6 Å². The van der Waals surface area contributed by atoms with Gasteiger partial charge in [-0.1, -0.05) is 71.3 Å². The van der Waals surface area contributed by atoms with Crippen LogP contribution in [-0.2, 0) is 0 Å². The lowest BCUT2D eigenvalue weighted by molar-refractivity contribution is 0.102. The summed E-state index contributed by atoms with van der Waals surface area (Å²) >= 11 is 7.11. The predicted octanol–water partition coefficient (Wildman–Crippen LogP) is 6.06. The minimum Gasteiger partial charge on any atom is -0.296 e. The van der Waals surface area contributed by atoms with Gasteiger partial charge in [-0.05, 0) is 52.6 Å². The lowest BCUT2D eigenvalue weighted by Gasteiger charge is -2.11. The maximum absolute atomic E-state index is 13.1. The first-order chi connectivity index (χ1) is 16.2. The molecule has 0 atom stereocenters. The minimum atomic E-state index is -0.284. The summed E-state index contributed by atoms with van der Waals surface area (Å²) in [7, 11) is 0. The van der Waals surface area contributed by atoms with Gasteiger partial charge in [-0.2, -0.15) is 0 Å². The van der Waals surface area contributed by atoms with E-state index in [4.69, 9.17) is 11.6 Å². The van der Waals surface area contributed by atoms with Gasteiger partial charge in [-0.3, -0.25) is 15.1 Å². The monoisotopic (exact) mass is 466 g/mol. The topological polar surface area (TPSA) is 67.8 Å². The van der Waals surface area contributed by atoms with Crippen LogP contribution < -0.4 is 5.32 Å². The van der Waals surface area contributed by atoms with Gasteiger partial charge in [0.05, 0.1) is 5.56 Å². The molecule has 33 heavy (non-hydrogen) atoms. The van der Waals surface area contributed by atoms with Crippen molar-refractivity contribution in [1.29, 1.82) is 0 Å². The third-order valence-corrected chi connectivity index (χ3v) is 5.96. The summed E-state index contributed by atoms with van der Waals surface area (Å²) in [5, 5.41) is 14.6. The second-order valence-electron chi connectivity index (χ2n) is 7.07. The second kappa shape index (κ2) is 9.21. The summed E-state index contributed by atoms with van der Waals surface area (Å²) in [4.78, 5) is 17.4. The number of halogens is 1. The van der Waals surface area contributed by atoms with Crippen LogP contribution in [0.15, 0.2) is 85.2 Å². The van der Waals surface area contributed by atoms with Crippen molar-refractivity contribution in [1.82, 2.24) is 15.2 Å². The maximum Gasteiger partial charge on any atom is 0.258 e. The summed E-state index contributed by atoms with van der Waals surface area (Å²) in [5.41, 5.74) is 3.01. The van der Waals surface area contributed by atoms with Crippen molar-refractivity contribution in [3.8, 4) is 23.0 Å². The number of fused-ring (bicyclic) bond motifs is 1. The summed E-state index contributed by atoms with van der Waals surface area (Å²) in [6, 6.07) is 23.0. The number of rotatable bonds is 3. The van der Waals surface area contributed by atoms with Gasteiger partial charge in [0.1, 0.15) is 0 Å². The van der Waals surface area contributed by atoms with Crippen LogP contribution in [0, 0.1) is 11.8 Å². The van der Waals surface area contributed by atoms with Gasteiger partial charge in [0.2, 0.25) is 5.13 Å². The number of pyridine rings is 1. The molecule has 5 nitrogen and oxygen atoms in total. The number of amides is 1. The summed E-state index contributed by atoms with van der Waals surface area (Å²) in [5.74, 6) is 5.69. The van der Waals surface area contributed by atoms with E-state index >= 15 is 0 Å². The normalized spacial score (nSPS) is 10.5. The fraction of sp³-hybridized carbons (Fsp3) is 0. The smallest absolute Gasteiger partial charge is 0.258 e. The lowest BCUT2D eigenvalue weighted by atomic mass is 9.96. The fourth-order valence-electron chi connectivity index (χ4n) is 3.41. The molecule has 0 radical (unpaired) electrons. The standard InChI is InChI=1S/C26H15ClN4OS/c27-19-11-8-17(9-12-19)10-13-24-30-31-26(33-24)29-25(32)22-14-15-28-16-23(22)21-7-3-5-18-4-1-2-6-20(18)21/h1-9,11-12,14-16H,(H,29,31,32). The van der Waals surface area contributed by atoms with Crippen molar-refractivity contribution in [2.24, 2.45) is 0 Å². The average molecular weight is 467 g/mol. The average Bonchev–Trinajstić information content (AvgIpc) is 3.30. The molecule has 1 N–H and O–H groups in total. The molecule has 0 aliphatic rings. The molecule has 2 heterocycles. The van der Waals surface area contributed by atoms with E-state index < -0.39 is 0 Å². The Hall–Kier alpha value is -4.05. The van der Waals surface area contributed by atoms with E-state index in [9.17, 15) is 4.79 Å². The van der Waals surface area contributed by atoms with Crippen molar-refractivity contribution >= 4 is 44.7 Å². The molecule has 0 saturated heterocycles. The van der Waals surface area contributed by atoms with Crippen molar-refractivity contribution in [3.63, 3.8) is 0 Å². The summed E-state index contributed by atoms with van der Waals surface area (Å²) in [6.07, 6.45) is 3.31. The highest BCUT2D eigenvalue weighted by molar-refractivity contribution is 7.15. The van der Waals surface area contributed by atoms with Gasteiger partial charge in [0.25, 0.3) is 5.91 Å². The SMILES string of the molecule is O=C(Nc1nnc(C#Cc2ccc(Cl)cc2)s1)c1ccncc1-c1cccc2ccccc12. The van der Waals surface area contributed by atoms with Gasteiger partial charge in [0, 0.05) is 28.5 Å². The molecule has 0 bridgehead atoms. The van der Waals surface area contributed by atoms with Crippen LogP contribution in [0.5, 0.6) is 0 Å². The van der Waals surface area contributed by atoms with E-state index in [1.165, 1.54) is 11.3 Å². The molecule has 1 amide bonds. The van der Waals surface area contributed by atoms with Crippen molar-refractivity contribution in [2.45, 2.75) is 0 Å². The Morgan fingerprint density at radius 3 is 2.58 bits per heavy atom. The van der Waals surface area contributed by atoms with Crippen LogP contribution in [-0.4, -0.2) is 21.1 Å². The molecule has 0 fully saturated rings. The first-order valence-electron chi connectivity index (χ1n) is 10.0. The van der Waals surface area contributed by atoms with Crippen LogP contribution in [0.1, 0.15) is 20.9 Å². The molecule has 2 aromatic heterocycles. The molecular formula is C26H15ClN4OS. The van der Waals surface area contributed by atoms with Crippen LogP contribution in [0.3, 0.4) is 0 Å². The van der Waals surface area contributed by atoms with Crippen LogP contribution >= 0.6 is 22.9 Å². The largest absolute Gasteiger partial charge is 0.296 e. The number of nitrogens with one attached hydrogen (secondary N) is 1. The number of nitrogens with zero attached hydrogens (tertiary/aromatic N) is 3. The molecule has 7 heteroatoms. The number of aromatic nitrogens is 3. The molecule has 0 aliphatic carbocycles. The maximum atomic E-state index is 13.1. The number of carbonyl (C=O) groups excluding carboxylic acids is 1. The number of hydrogen-bond acceptors (Lipinski definition) is 5. The van der Waals surface area contributed by atoms with E-state index in [1.807, 2.05) is 54.6 Å². The fourth-order valence-corrected chi connectivity index (χ4v) is 4.13. The highest BCUT2D eigenvalue weighted by Crippen LogP contribution is 2.31. The molecule has 0 unspecified atom stereocenters. The summed E-state index contributed by atoms with van der Waals surface area (Å²) in [6.45, 7) is 0. The van der Waals surface area contributed by atoms with Gasteiger partial charge >= 0.3 is 0 Å². The zero-order valence-corrected chi connectivity index (χ0v) is 18.7. The number of carbonyl (C=O) groups is 1. The first-order valence-corrected chi connectivity index (χ1v) is 11.2. The van der Waals surface area contributed by atoms with Gasteiger partial charge < -0.3 is 0 Å². The molecule has 158 valence electrons. The second-order valence-corrected chi connectivity index (χ2v) is 8.49. The lowest BCUT2D eigenvalue weighted by Crippen LogP contribution is -2.13. The van der Waals surface area contributed by atoms with Crippen molar-refractivity contribution in [3.05, 3.63) is 106 Å². The molecule has 5 aromatic rings. The number of hydrogen-bond donors (Lipinski definition) is 1. The van der Waals surface area contributed by atoms with E-state index in [0.29, 0.717) is 20.7 Å². The molecule has 0 aliphatic heterocycles. The van der Waals surface area contributed by atoms with Crippen molar-refractivity contribution < 1.29 is 4.79 Å². The Morgan fingerprint density at radius 1 is 0.879 bits per heavy atom. The van der Waals surface area contributed by atoms with E-state index in [2.05, 4.69) is 32.3 Å². The Bertz CT molecular complexity index is 1530. The Balaban J connectivity index is 1.40. The Labute approximate surface area is 199 Å². The molecule has 0 saturated carbocycles. The predicted molar refractivity (Wildman–Crippen MR) is 132 cm³/mol. The van der Waals surface area contributed by atoms with Gasteiger partial charge in [0.15, 0.2) is 5.01 Å².